The van der Waals surface area contributed by atoms with Gasteiger partial charge in [-0.25, -0.2) is 4.39 Å². The third-order valence-electron chi connectivity index (χ3n) is 6.17. The monoisotopic (exact) mass is 463 g/mol. The maximum absolute atomic E-state index is 13.4. The number of rotatable bonds is 3. The van der Waals surface area contributed by atoms with Crippen LogP contribution in [0.1, 0.15) is 40.9 Å². The van der Waals surface area contributed by atoms with Crippen molar-refractivity contribution in [3.8, 4) is 5.69 Å². The third-order valence-corrected chi connectivity index (χ3v) is 6.17. The van der Waals surface area contributed by atoms with Crippen LogP contribution >= 0.6 is 0 Å². The first-order chi connectivity index (χ1) is 15.8. The van der Waals surface area contributed by atoms with Crippen molar-refractivity contribution >= 4 is 0 Å². The van der Waals surface area contributed by atoms with Gasteiger partial charge in [0.2, 0.25) is 0 Å². The molecule has 0 aliphatic carbocycles. The number of ether oxygens (including phenoxy) is 2. The molecule has 3 atom stereocenters. The van der Waals surface area contributed by atoms with Crippen LogP contribution in [0.2, 0.25) is 0 Å². The molecule has 2 aliphatic heterocycles. The molecule has 0 bridgehead atoms. The zero-order valence-corrected chi connectivity index (χ0v) is 17.6. The second-order valence-electron chi connectivity index (χ2n) is 8.26. The second-order valence-corrected chi connectivity index (χ2v) is 8.26. The molecular weight excluding hydrogens is 442 g/mol. The Balaban J connectivity index is 1.46. The van der Waals surface area contributed by atoms with E-state index in [1.54, 1.807) is 30.3 Å². The molecule has 2 saturated heterocycles. The molecule has 1 N–H and O–H groups in total. The van der Waals surface area contributed by atoms with E-state index in [-0.39, 0.29) is 23.5 Å². The predicted octanol–water partition coefficient (Wildman–Crippen LogP) is 3.69. The lowest BCUT2D eigenvalue weighted by molar-refractivity contribution is -0.245. The van der Waals surface area contributed by atoms with Gasteiger partial charge in [-0.3, -0.25) is 0 Å². The molecule has 3 aromatic rings. The van der Waals surface area contributed by atoms with Crippen molar-refractivity contribution in [3.05, 3.63) is 70.8 Å². The zero-order chi connectivity index (χ0) is 23.2. The van der Waals surface area contributed by atoms with Crippen molar-refractivity contribution in [2.75, 3.05) is 19.8 Å². The van der Waals surface area contributed by atoms with Crippen LogP contribution in [0, 0.1) is 12.7 Å². The van der Waals surface area contributed by atoms with Crippen molar-refractivity contribution in [1.29, 1.82) is 0 Å². The van der Waals surface area contributed by atoms with Gasteiger partial charge in [-0.15, -0.1) is 5.10 Å². The Morgan fingerprint density at radius 2 is 1.91 bits per heavy atom. The quantitative estimate of drug-likeness (QED) is 0.598. The van der Waals surface area contributed by atoms with Crippen molar-refractivity contribution in [1.82, 2.24) is 25.5 Å². The summed E-state index contributed by atoms with van der Waals surface area (Å²) in [4.78, 5) is 0. The Bertz CT molecular complexity index is 1150. The molecule has 3 heterocycles. The van der Waals surface area contributed by atoms with E-state index in [1.807, 2.05) is 6.92 Å². The van der Waals surface area contributed by atoms with Crippen LogP contribution in [-0.4, -0.2) is 45.8 Å². The number of hydrogen-bond donors (Lipinski definition) is 1. The molecule has 11 heteroatoms. The Morgan fingerprint density at radius 1 is 1.12 bits per heavy atom. The summed E-state index contributed by atoms with van der Waals surface area (Å²) >= 11 is 0. The number of morpholine rings is 1. The maximum Gasteiger partial charge on any atom is 0.453 e. The number of alkyl halides is 3. The maximum atomic E-state index is 13.4. The van der Waals surface area contributed by atoms with E-state index in [1.165, 1.54) is 12.1 Å². The molecule has 2 aliphatic rings. The van der Waals surface area contributed by atoms with Crippen molar-refractivity contribution < 1.29 is 27.0 Å². The number of tetrazole rings is 1. The van der Waals surface area contributed by atoms with Gasteiger partial charge < -0.3 is 14.8 Å². The topological polar surface area (TPSA) is 74.1 Å². The van der Waals surface area contributed by atoms with E-state index in [0.29, 0.717) is 30.9 Å². The highest BCUT2D eigenvalue weighted by Gasteiger charge is 2.50. The lowest BCUT2D eigenvalue weighted by Gasteiger charge is -2.41. The largest absolute Gasteiger partial charge is 0.453 e. The van der Waals surface area contributed by atoms with Gasteiger partial charge in [-0.2, -0.15) is 17.9 Å². The molecule has 2 aromatic carbocycles. The average Bonchev–Trinajstić information content (AvgIpc) is 3.44. The van der Waals surface area contributed by atoms with Gasteiger partial charge in [0, 0.05) is 18.9 Å². The first-order valence-corrected chi connectivity index (χ1v) is 10.5. The van der Waals surface area contributed by atoms with E-state index < -0.39 is 17.8 Å². The number of aromatic nitrogens is 4. The molecular formula is C22H21F4N5O2. The molecule has 174 valence electrons. The fraction of sp³-hybridized carbons (Fsp3) is 0.409. The van der Waals surface area contributed by atoms with Crippen LogP contribution < -0.4 is 5.32 Å². The van der Waals surface area contributed by atoms with Crippen LogP contribution in [0.3, 0.4) is 0 Å². The lowest BCUT2D eigenvalue weighted by Crippen LogP contribution is -2.52. The second kappa shape index (κ2) is 8.15. The molecule has 0 radical (unpaired) electrons. The molecule has 0 amide bonds. The first-order valence-electron chi connectivity index (χ1n) is 10.5. The highest BCUT2D eigenvalue weighted by molar-refractivity contribution is 5.42. The number of hydrogen-bond acceptors (Lipinski definition) is 6. The Hall–Kier alpha value is -2.89. The Kier molecular flexibility index (Phi) is 5.42. The minimum atomic E-state index is -4.68. The average molecular weight is 463 g/mol. The fourth-order valence-electron chi connectivity index (χ4n) is 4.63. The summed E-state index contributed by atoms with van der Waals surface area (Å²) in [6.07, 6.45) is -4.20. The third kappa shape index (κ3) is 4.00. The van der Waals surface area contributed by atoms with Crippen molar-refractivity contribution in [2.24, 2.45) is 0 Å². The number of halogens is 4. The SMILES string of the molecule is Cc1ccc(-n2nnnc2C(F)(F)F)cc1C1COC2(C1)OCCNC2c1ccc(F)cc1. The number of nitrogens with one attached hydrogen (secondary N) is 1. The number of nitrogens with zero attached hydrogens (tertiary/aromatic N) is 4. The summed E-state index contributed by atoms with van der Waals surface area (Å²) in [5, 5.41) is 13.3. The van der Waals surface area contributed by atoms with Gasteiger partial charge in [0.1, 0.15) is 5.82 Å². The minimum absolute atomic E-state index is 0.126. The normalized spacial score (nSPS) is 25.6. The van der Waals surface area contributed by atoms with Crippen LogP contribution in [0.4, 0.5) is 17.6 Å². The molecule has 5 rings (SSSR count). The van der Waals surface area contributed by atoms with Crippen LogP contribution in [-0.2, 0) is 15.7 Å². The highest BCUT2D eigenvalue weighted by atomic mass is 19.4. The summed E-state index contributed by atoms with van der Waals surface area (Å²) in [6, 6.07) is 10.8. The summed E-state index contributed by atoms with van der Waals surface area (Å²) in [6.45, 7) is 3.28. The smallest absolute Gasteiger partial charge is 0.347 e. The van der Waals surface area contributed by atoms with Gasteiger partial charge in [-0.1, -0.05) is 18.2 Å². The predicted molar refractivity (Wildman–Crippen MR) is 108 cm³/mol. The van der Waals surface area contributed by atoms with Crippen LogP contribution in [0.5, 0.6) is 0 Å². The summed E-state index contributed by atoms with van der Waals surface area (Å²) in [5.41, 5.74) is 2.80. The van der Waals surface area contributed by atoms with Gasteiger partial charge in [-0.05, 0) is 58.3 Å². The molecule has 3 unspecified atom stereocenters. The van der Waals surface area contributed by atoms with E-state index in [4.69, 9.17) is 9.47 Å². The van der Waals surface area contributed by atoms with Gasteiger partial charge in [0.05, 0.1) is 24.9 Å². The molecule has 2 fully saturated rings. The lowest BCUT2D eigenvalue weighted by atomic mass is 9.86. The highest BCUT2D eigenvalue weighted by Crippen LogP contribution is 2.46. The molecule has 1 aromatic heterocycles. The fourth-order valence-corrected chi connectivity index (χ4v) is 4.63. The Labute approximate surface area is 186 Å². The van der Waals surface area contributed by atoms with Gasteiger partial charge >= 0.3 is 6.18 Å². The molecule has 33 heavy (non-hydrogen) atoms. The Morgan fingerprint density at radius 3 is 2.67 bits per heavy atom. The van der Waals surface area contributed by atoms with Gasteiger partial charge in [0.15, 0.2) is 5.79 Å². The van der Waals surface area contributed by atoms with Crippen molar-refractivity contribution in [2.45, 2.75) is 37.3 Å². The summed E-state index contributed by atoms with van der Waals surface area (Å²) in [7, 11) is 0. The first kappa shape index (κ1) is 21.9. The van der Waals surface area contributed by atoms with Crippen molar-refractivity contribution in [3.63, 3.8) is 0 Å². The molecule has 1 spiro atoms. The minimum Gasteiger partial charge on any atom is -0.347 e. The zero-order valence-electron chi connectivity index (χ0n) is 17.6. The van der Waals surface area contributed by atoms with Crippen LogP contribution in [0.15, 0.2) is 42.5 Å². The van der Waals surface area contributed by atoms with Gasteiger partial charge in [0.25, 0.3) is 5.82 Å². The van der Waals surface area contributed by atoms with E-state index >= 15 is 0 Å². The molecule has 0 saturated carbocycles. The van der Waals surface area contributed by atoms with Crippen LogP contribution in [0.25, 0.3) is 5.69 Å². The summed E-state index contributed by atoms with van der Waals surface area (Å²) in [5.74, 6) is -2.61. The summed E-state index contributed by atoms with van der Waals surface area (Å²) < 4.78 is 66.3. The number of aryl methyl sites for hydroxylation is 1. The van der Waals surface area contributed by atoms with E-state index in [9.17, 15) is 17.6 Å². The standard InChI is InChI=1S/C22H21F4N5O2/c1-13-2-7-17(31-20(22(24,25)26)28-29-30-31)10-18(13)15-11-21(33-12-15)19(27-8-9-32-21)14-3-5-16(23)6-4-14/h2-7,10,15,19,27H,8-9,11-12H2,1H3. The van der Waals surface area contributed by atoms with E-state index in [2.05, 4.69) is 20.8 Å². The molecule has 7 nitrogen and oxygen atoms in total. The number of benzene rings is 2. The van der Waals surface area contributed by atoms with E-state index in [0.717, 1.165) is 16.7 Å².